The quantitative estimate of drug-likeness (QED) is 0.777. The minimum absolute atomic E-state index is 0.0224. The van der Waals surface area contributed by atoms with E-state index >= 15 is 0 Å². The second-order valence-corrected chi connectivity index (χ2v) is 4.01. The first-order chi connectivity index (χ1) is 8.26. The van der Waals surface area contributed by atoms with Gasteiger partial charge in [0.25, 0.3) is 0 Å². The lowest BCUT2D eigenvalue weighted by Crippen LogP contribution is -2.11. The highest BCUT2D eigenvalue weighted by atomic mass is 32.1. The highest BCUT2D eigenvalue weighted by molar-refractivity contribution is 7.08. The van der Waals surface area contributed by atoms with Crippen LogP contribution in [0.5, 0.6) is 0 Å². The number of nitriles is 1. The fraction of sp³-hybridized carbons (Fsp3) is 0.182. The Balaban J connectivity index is 2.45. The first-order valence-corrected chi connectivity index (χ1v) is 5.76. The maximum absolute atomic E-state index is 11.5. The molecule has 6 heteroatoms. The van der Waals surface area contributed by atoms with Crippen LogP contribution in [-0.4, -0.2) is 22.9 Å². The van der Waals surface area contributed by atoms with Crippen molar-refractivity contribution in [2.75, 3.05) is 7.11 Å². The molecule has 0 amide bonds. The molecule has 0 atom stereocenters. The van der Waals surface area contributed by atoms with Gasteiger partial charge >= 0.3 is 5.97 Å². The van der Waals surface area contributed by atoms with Gasteiger partial charge in [-0.05, 0) is 17.5 Å². The largest absolute Gasteiger partial charge is 0.464 e. The zero-order chi connectivity index (χ0) is 12.3. The van der Waals surface area contributed by atoms with Gasteiger partial charge in [-0.25, -0.2) is 9.48 Å². The van der Waals surface area contributed by atoms with Crippen LogP contribution in [0.3, 0.4) is 0 Å². The van der Waals surface area contributed by atoms with Gasteiger partial charge in [0.1, 0.15) is 12.2 Å². The van der Waals surface area contributed by atoms with E-state index in [9.17, 15) is 4.79 Å². The van der Waals surface area contributed by atoms with E-state index in [0.29, 0.717) is 5.69 Å². The van der Waals surface area contributed by atoms with Crippen LogP contribution in [0.1, 0.15) is 10.5 Å². The van der Waals surface area contributed by atoms with E-state index in [1.54, 1.807) is 17.4 Å². The average Bonchev–Trinajstić information content (AvgIpc) is 2.96. The molecular weight excluding hydrogens is 238 g/mol. The molecule has 0 saturated heterocycles. The van der Waals surface area contributed by atoms with E-state index in [0.717, 1.165) is 5.56 Å². The molecule has 2 rings (SSSR count). The van der Waals surface area contributed by atoms with Crippen LogP contribution in [0.25, 0.3) is 11.3 Å². The number of hydrogen-bond acceptors (Lipinski definition) is 5. The molecule has 0 aliphatic rings. The minimum atomic E-state index is -0.491. The second-order valence-electron chi connectivity index (χ2n) is 3.23. The second kappa shape index (κ2) is 4.80. The van der Waals surface area contributed by atoms with Crippen molar-refractivity contribution < 1.29 is 9.53 Å². The highest BCUT2D eigenvalue weighted by Gasteiger charge is 2.16. The minimum Gasteiger partial charge on any atom is -0.464 e. The van der Waals surface area contributed by atoms with E-state index in [1.165, 1.54) is 11.8 Å². The number of nitrogens with zero attached hydrogens (tertiary/aromatic N) is 3. The van der Waals surface area contributed by atoms with Crippen LogP contribution in [-0.2, 0) is 11.3 Å². The first kappa shape index (κ1) is 11.4. The molecule has 5 nitrogen and oxygen atoms in total. The Morgan fingerprint density at radius 3 is 3.12 bits per heavy atom. The average molecular weight is 247 g/mol. The van der Waals surface area contributed by atoms with Crippen molar-refractivity contribution in [2.45, 2.75) is 6.54 Å². The van der Waals surface area contributed by atoms with Gasteiger partial charge in [0, 0.05) is 10.9 Å². The van der Waals surface area contributed by atoms with Gasteiger partial charge in [-0.3, -0.25) is 0 Å². The lowest BCUT2D eigenvalue weighted by molar-refractivity contribution is 0.0587. The van der Waals surface area contributed by atoms with Gasteiger partial charge in [0.15, 0.2) is 0 Å². The predicted octanol–water partition coefficient (Wildman–Crippen LogP) is 1.92. The molecule has 0 bridgehead atoms. The molecule has 0 radical (unpaired) electrons. The van der Waals surface area contributed by atoms with Crippen LogP contribution in [0, 0.1) is 11.3 Å². The summed E-state index contributed by atoms with van der Waals surface area (Å²) >= 11 is 1.55. The molecule has 17 heavy (non-hydrogen) atoms. The Morgan fingerprint density at radius 2 is 2.53 bits per heavy atom. The van der Waals surface area contributed by atoms with E-state index in [-0.39, 0.29) is 12.2 Å². The molecule has 0 aromatic carbocycles. The summed E-state index contributed by atoms with van der Waals surface area (Å²) in [6, 6.07) is 5.49. The van der Waals surface area contributed by atoms with E-state index in [2.05, 4.69) is 9.84 Å². The molecule has 0 saturated carbocycles. The van der Waals surface area contributed by atoms with Crippen molar-refractivity contribution in [1.29, 1.82) is 5.26 Å². The van der Waals surface area contributed by atoms with Gasteiger partial charge in [-0.1, -0.05) is 0 Å². The smallest absolute Gasteiger partial charge is 0.356 e. The number of carbonyl (C=O) groups is 1. The third kappa shape index (κ3) is 2.19. The number of hydrogen-bond donors (Lipinski definition) is 0. The van der Waals surface area contributed by atoms with Gasteiger partial charge in [-0.15, -0.1) is 0 Å². The van der Waals surface area contributed by atoms with Crippen LogP contribution in [0.15, 0.2) is 22.9 Å². The van der Waals surface area contributed by atoms with Gasteiger partial charge < -0.3 is 4.74 Å². The SMILES string of the molecule is COC(=O)c1cc(-c2ccsc2)nn1CC#N. The van der Waals surface area contributed by atoms with E-state index in [1.807, 2.05) is 22.9 Å². The zero-order valence-corrected chi connectivity index (χ0v) is 9.90. The molecule has 0 aliphatic heterocycles. The third-order valence-corrected chi connectivity index (χ3v) is 2.90. The molecule has 0 aliphatic carbocycles. The van der Waals surface area contributed by atoms with Crippen molar-refractivity contribution in [3.8, 4) is 17.3 Å². The van der Waals surface area contributed by atoms with Crippen molar-refractivity contribution >= 4 is 17.3 Å². The number of methoxy groups -OCH3 is 1. The highest BCUT2D eigenvalue weighted by Crippen LogP contribution is 2.22. The van der Waals surface area contributed by atoms with E-state index < -0.39 is 5.97 Å². The summed E-state index contributed by atoms with van der Waals surface area (Å²) < 4.78 is 5.99. The lowest BCUT2D eigenvalue weighted by Gasteiger charge is -1.99. The van der Waals surface area contributed by atoms with Gasteiger partial charge in [-0.2, -0.15) is 21.7 Å². The van der Waals surface area contributed by atoms with Crippen LogP contribution in [0.2, 0.25) is 0 Å². The Bertz CT molecular complexity index is 566. The first-order valence-electron chi connectivity index (χ1n) is 4.82. The number of rotatable bonds is 3. The summed E-state index contributed by atoms with van der Waals surface area (Å²) in [6.07, 6.45) is 0. The number of carbonyl (C=O) groups excluding carboxylic acids is 1. The maximum atomic E-state index is 11.5. The van der Waals surface area contributed by atoms with E-state index in [4.69, 9.17) is 5.26 Å². The lowest BCUT2D eigenvalue weighted by atomic mass is 10.2. The Morgan fingerprint density at radius 1 is 1.71 bits per heavy atom. The number of aromatic nitrogens is 2. The summed E-state index contributed by atoms with van der Waals surface area (Å²) in [5.74, 6) is -0.491. The summed E-state index contributed by atoms with van der Waals surface area (Å²) in [5, 5.41) is 16.7. The molecule has 2 aromatic rings. The molecule has 86 valence electrons. The molecule has 0 unspecified atom stereocenters. The molecular formula is C11H9N3O2S. The fourth-order valence-electron chi connectivity index (χ4n) is 1.42. The van der Waals surface area contributed by atoms with Crippen molar-refractivity contribution in [2.24, 2.45) is 0 Å². The summed E-state index contributed by atoms with van der Waals surface area (Å²) in [7, 11) is 1.30. The van der Waals surface area contributed by atoms with Gasteiger partial charge in [0.05, 0.1) is 18.9 Å². The predicted molar refractivity (Wildman–Crippen MR) is 62.5 cm³/mol. The Hall–Kier alpha value is -2.13. The van der Waals surface area contributed by atoms with Crippen LogP contribution in [0.4, 0.5) is 0 Å². The number of thiophene rings is 1. The summed E-state index contributed by atoms with van der Waals surface area (Å²) in [5.41, 5.74) is 1.88. The Kier molecular flexibility index (Phi) is 3.21. The number of ether oxygens (including phenoxy) is 1. The van der Waals surface area contributed by atoms with Crippen molar-refractivity contribution in [3.63, 3.8) is 0 Å². The molecule has 0 N–H and O–H groups in total. The molecule has 2 heterocycles. The van der Waals surface area contributed by atoms with Crippen LogP contribution < -0.4 is 0 Å². The topological polar surface area (TPSA) is 67.9 Å². The van der Waals surface area contributed by atoms with Gasteiger partial charge in [0.2, 0.25) is 0 Å². The maximum Gasteiger partial charge on any atom is 0.356 e. The van der Waals surface area contributed by atoms with Crippen molar-refractivity contribution in [1.82, 2.24) is 9.78 Å². The summed E-state index contributed by atoms with van der Waals surface area (Å²) in [6.45, 7) is 0.0224. The van der Waals surface area contributed by atoms with Crippen molar-refractivity contribution in [3.05, 3.63) is 28.6 Å². The fourth-order valence-corrected chi connectivity index (χ4v) is 2.07. The molecule has 2 aromatic heterocycles. The third-order valence-electron chi connectivity index (χ3n) is 2.21. The summed E-state index contributed by atoms with van der Waals surface area (Å²) in [4.78, 5) is 11.5. The Labute approximate surface area is 102 Å². The number of esters is 1. The normalized spacial score (nSPS) is 9.88. The molecule has 0 spiro atoms. The standard InChI is InChI=1S/C11H9N3O2S/c1-16-11(15)10-6-9(8-2-5-17-7-8)13-14(10)4-3-12/h2,5-7H,4H2,1H3. The van der Waals surface area contributed by atoms with Crippen LogP contribution >= 0.6 is 11.3 Å². The molecule has 0 fully saturated rings. The monoisotopic (exact) mass is 247 g/mol. The zero-order valence-electron chi connectivity index (χ0n) is 9.08.